The lowest BCUT2D eigenvalue weighted by Gasteiger charge is -2.13. The number of hydrogen-bond donors (Lipinski definition) is 0. The molecule has 0 aliphatic carbocycles. The minimum Gasteiger partial charge on any atom is -0.485 e. The van der Waals surface area contributed by atoms with E-state index in [1.807, 2.05) is 30.3 Å². The number of imidazole rings is 1. The van der Waals surface area contributed by atoms with Gasteiger partial charge >= 0.3 is 0 Å². The molecule has 0 unspecified atom stereocenters. The standard InChI is InChI=1S/C22H22N2O/c1-16(2)14-24-20-12-6-5-11-19(20)23-22(24)15-25-21-13-7-9-17-8-3-4-10-18(17)21/h3-13,16H,14-15H2,1-2H3. The van der Waals surface area contributed by atoms with Gasteiger partial charge in [-0.05, 0) is 29.5 Å². The molecule has 0 amide bonds. The highest BCUT2D eigenvalue weighted by atomic mass is 16.5. The molecule has 1 heterocycles. The number of fused-ring (bicyclic) bond motifs is 2. The summed E-state index contributed by atoms with van der Waals surface area (Å²) >= 11 is 0. The Morgan fingerprint density at radius 3 is 2.56 bits per heavy atom. The third-order valence-corrected chi connectivity index (χ3v) is 4.39. The minimum absolute atomic E-state index is 0.468. The summed E-state index contributed by atoms with van der Waals surface area (Å²) in [5.41, 5.74) is 2.20. The normalized spacial score (nSPS) is 11.5. The van der Waals surface area contributed by atoms with E-state index in [1.54, 1.807) is 0 Å². The third kappa shape index (κ3) is 3.10. The van der Waals surface area contributed by atoms with Crippen LogP contribution in [-0.2, 0) is 13.2 Å². The first-order chi connectivity index (χ1) is 12.2. The van der Waals surface area contributed by atoms with Crippen molar-refractivity contribution in [2.45, 2.75) is 27.0 Å². The largest absolute Gasteiger partial charge is 0.485 e. The molecule has 4 aromatic rings. The summed E-state index contributed by atoms with van der Waals surface area (Å²) in [6.07, 6.45) is 0. The van der Waals surface area contributed by atoms with Crippen LogP contribution in [0.5, 0.6) is 5.75 Å². The van der Waals surface area contributed by atoms with Gasteiger partial charge in [-0.25, -0.2) is 4.98 Å². The average molecular weight is 330 g/mol. The molecule has 4 rings (SSSR count). The zero-order valence-electron chi connectivity index (χ0n) is 14.6. The van der Waals surface area contributed by atoms with Gasteiger partial charge in [-0.1, -0.05) is 62.4 Å². The first-order valence-corrected chi connectivity index (χ1v) is 8.77. The van der Waals surface area contributed by atoms with Crippen molar-refractivity contribution in [2.75, 3.05) is 0 Å². The maximum absolute atomic E-state index is 6.17. The molecule has 0 bridgehead atoms. The van der Waals surface area contributed by atoms with E-state index >= 15 is 0 Å². The highest BCUT2D eigenvalue weighted by molar-refractivity contribution is 5.88. The van der Waals surface area contributed by atoms with Crippen molar-refractivity contribution in [3.63, 3.8) is 0 Å². The summed E-state index contributed by atoms with van der Waals surface area (Å²) in [5.74, 6) is 2.43. The first-order valence-electron chi connectivity index (χ1n) is 8.77. The fourth-order valence-corrected chi connectivity index (χ4v) is 3.27. The quantitative estimate of drug-likeness (QED) is 0.488. The fraction of sp³-hybridized carbons (Fsp3) is 0.227. The van der Waals surface area contributed by atoms with Crippen LogP contribution in [0.15, 0.2) is 66.7 Å². The van der Waals surface area contributed by atoms with Crippen molar-refractivity contribution in [1.82, 2.24) is 9.55 Å². The van der Waals surface area contributed by atoms with Gasteiger partial charge in [0.05, 0.1) is 11.0 Å². The molecule has 0 N–H and O–H groups in total. The van der Waals surface area contributed by atoms with Crippen LogP contribution in [0.1, 0.15) is 19.7 Å². The van der Waals surface area contributed by atoms with Gasteiger partial charge < -0.3 is 9.30 Å². The number of ether oxygens (including phenoxy) is 1. The van der Waals surface area contributed by atoms with Gasteiger partial charge in [0, 0.05) is 11.9 Å². The van der Waals surface area contributed by atoms with Crippen molar-refractivity contribution in [3.8, 4) is 5.75 Å². The smallest absolute Gasteiger partial charge is 0.148 e. The molecule has 0 aliphatic heterocycles. The Labute approximate surface area is 147 Å². The van der Waals surface area contributed by atoms with E-state index < -0.39 is 0 Å². The summed E-state index contributed by atoms with van der Waals surface area (Å²) in [6, 6.07) is 22.8. The topological polar surface area (TPSA) is 27.1 Å². The van der Waals surface area contributed by atoms with Gasteiger partial charge in [0.25, 0.3) is 0 Å². The van der Waals surface area contributed by atoms with Crippen molar-refractivity contribution in [3.05, 3.63) is 72.6 Å². The highest BCUT2D eigenvalue weighted by Gasteiger charge is 2.12. The van der Waals surface area contributed by atoms with Gasteiger partial charge in [-0.15, -0.1) is 0 Å². The lowest BCUT2D eigenvalue weighted by molar-refractivity contribution is 0.291. The number of para-hydroxylation sites is 2. The number of benzene rings is 3. The van der Waals surface area contributed by atoms with E-state index in [0.717, 1.165) is 29.0 Å². The number of aromatic nitrogens is 2. The third-order valence-electron chi connectivity index (χ3n) is 4.39. The van der Waals surface area contributed by atoms with E-state index in [1.165, 1.54) is 10.9 Å². The number of rotatable bonds is 5. The number of hydrogen-bond acceptors (Lipinski definition) is 2. The molecule has 0 spiro atoms. The van der Waals surface area contributed by atoms with Crippen LogP contribution < -0.4 is 4.74 Å². The van der Waals surface area contributed by atoms with Crippen LogP contribution in [0.2, 0.25) is 0 Å². The van der Waals surface area contributed by atoms with Gasteiger partial charge in [0.15, 0.2) is 0 Å². The molecule has 3 aromatic carbocycles. The van der Waals surface area contributed by atoms with E-state index in [4.69, 9.17) is 9.72 Å². The molecule has 126 valence electrons. The molecule has 3 nitrogen and oxygen atoms in total. The lowest BCUT2D eigenvalue weighted by atomic mass is 10.1. The van der Waals surface area contributed by atoms with E-state index in [-0.39, 0.29) is 0 Å². The minimum atomic E-state index is 0.468. The van der Waals surface area contributed by atoms with Crippen molar-refractivity contribution in [2.24, 2.45) is 5.92 Å². The summed E-state index contributed by atoms with van der Waals surface area (Å²) in [7, 11) is 0. The molecular weight excluding hydrogens is 308 g/mol. The summed E-state index contributed by atoms with van der Waals surface area (Å²) < 4.78 is 8.46. The molecule has 0 saturated carbocycles. The van der Waals surface area contributed by atoms with Crippen LogP contribution in [0.25, 0.3) is 21.8 Å². The molecule has 0 saturated heterocycles. The predicted octanol–water partition coefficient (Wildman–Crippen LogP) is 5.42. The van der Waals surface area contributed by atoms with Crippen LogP contribution in [-0.4, -0.2) is 9.55 Å². The molecule has 0 fully saturated rings. The number of nitrogens with zero attached hydrogens (tertiary/aromatic N) is 2. The molecule has 0 radical (unpaired) electrons. The average Bonchev–Trinajstić information content (AvgIpc) is 2.97. The zero-order chi connectivity index (χ0) is 17.2. The second kappa shape index (κ2) is 6.60. The second-order valence-electron chi connectivity index (χ2n) is 6.79. The molecular formula is C22H22N2O. The lowest BCUT2D eigenvalue weighted by Crippen LogP contribution is -2.11. The van der Waals surface area contributed by atoms with Crippen LogP contribution in [0, 0.1) is 5.92 Å². The Morgan fingerprint density at radius 1 is 0.920 bits per heavy atom. The zero-order valence-corrected chi connectivity index (χ0v) is 14.6. The molecule has 25 heavy (non-hydrogen) atoms. The Kier molecular flexibility index (Phi) is 4.14. The van der Waals surface area contributed by atoms with Crippen LogP contribution >= 0.6 is 0 Å². The maximum atomic E-state index is 6.17. The predicted molar refractivity (Wildman–Crippen MR) is 103 cm³/mol. The van der Waals surface area contributed by atoms with Gasteiger partial charge in [-0.3, -0.25) is 0 Å². The molecule has 0 atom stereocenters. The van der Waals surface area contributed by atoms with E-state index in [0.29, 0.717) is 12.5 Å². The Hall–Kier alpha value is -2.81. The monoisotopic (exact) mass is 330 g/mol. The highest BCUT2D eigenvalue weighted by Crippen LogP contribution is 2.26. The van der Waals surface area contributed by atoms with Gasteiger partial charge in [-0.2, -0.15) is 0 Å². The Morgan fingerprint density at radius 2 is 1.68 bits per heavy atom. The van der Waals surface area contributed by atoms with Crippen molar-refractivity contribution < 1.29 is 4.74 Å². The molecule has 1 aromatic heterocycles. The molecule has 3 heteroatoms. The SMILES string of the molecule is CC(C)Cn1c(COc2cccc3ccccc23)nc2ccccc21. The Balaban J connectivity index is 1.68. The van der Waals surface area contributed by atoms with E-state index in [2.05, 4.69) is 54.8 Å². The van der Waals surface area contributed by atoms with Crippen molar-refractivity contribution >= 4 is 21.8 Å². The van der Waals surface area contributed by atoms with Gasteiger partial charge in [0.1, 0.15) is 18.2 Å². The van der Waals surface area contributed by atoms with Crippen LogP contribution in [0.4, 0.5) is 0 Å². The second-order valence-corrected chi connectivity index (χ2v) is 6.79. The molecule has 0 aliphatic rings. The van der Waals surface area contributed by atoms with Crippen molar-refractivity contribution in [1.29, 1.82) is 0 Å². The summed E-state index contributed by atoms with van der Waals surface area (Å²) in [5, 5.41) is 2.33. The van der Waals surface area contributed by atoms with Gasteiger partial charge in [0.2, 0.25) is 0 Å². The Bertz CT molecular complexity index is 1010. The maximum Gasteiger partial charge on any atom is 0.148 e. The summed E-state index contributed by atoms with van der Waals surface area (Å²) in [6.45, 7) is 5.86. The fourth-order valence-electron chi connectivity index (χ4n) is 3.27. The first kappa shape index (κ1) is 15.7. The summed E-state index contributed by atoms with van der Waals surface area (Å²) in [4.78, 5) is 4.80. The van der Waals surface area contributed by atoms with Crippen LogP contribution in [0.3, 0.4) is 0 Å². The van der Waals surface area contributed by atoms with E-state index in [9.17, 15) is 0 Å².